The Morgan fingerprint density at radius 3 is 2.41 bits per heavy atom. The molecule has 0 spiro atoms. The highest BCUT2D eigenvalue weighted by Gasteiger charge is 2.20. The zero-order valence-corrected chi connectivity index (χ0v) is 14.8. The van der Waals surface area contributed by atoms with Gasteiger partial charge in [-0.15, -0.1) is 0 Å². The van der Waals surface area contributed by atoms with Crippen molar-refractivity contribution in [1.29, 1.82) is 0 Å². The Morgan fingerprint density at radius 1 is 1.14 bits per heavy atom. The second kappa shape index (κ2) is 9.36. The molecule has 0 aromatic heterocycles. The van der Waals surface area contributed by atoms with Gasteiger partial charge in [0.15, 0.2) is 5.96 Å². The highest BCUT2D eigenvalue weighted by atomic mass is 15.3. The number of likely N-dealkylation sites (N-methyl/N-ethyl adjacent to an activating group) is 1. The van der Waals surface area contributed by atoms with Gasteiger partial charge < -0.3 is 15.5 Å². The van der Waals surface area contributed by atoms with E-state index < -0.39 is 0 Å². The molecule has 2 N–H and O–H groups in total. The molecule has 0 amide bonds. The third-order valence-corrected chi connectivity index (χ3v) is 5.21. The van der Waals surface area contributed by atoms with Gasteiger partial charge in [-0.3, -0.25) is 9.89 Å². The number of hydrogen-bond acceptors (Lipinski definition) is 3. The molecule has 0 bridgehead atoms. The molecule has 1 aliphatic carbocycles. The quantitative estimate of drug-likeness (QED) is 0.597. The minimum Gasteiger partial charge on any atom is -0.355 e. The third kappa shape index (κ3) is 5.43. The van der Waals surface area contributed by atoms with Crippen LogP contribution in [0, 0.1) is 0 Å². The van der Waals surface area contributed by atoms with Gasteiger partial charge in [-0.25, -0.2) is 0 Å². The highest BCUT2D eigenvalue weighted by molar-refractivity contribution is 5.79. The number of piperazine rings is 1. The van der Waals surface area contributed by atoms with Crippen LogP contribution in [-0.4, -0.2) is 74.2 Å². The molecule has 2 rings (SSSR count). The maximum atomic E-state index is 4.39. The Morgan fingerprint density at radius 2 is 1.82 bits per heavy atom. The molecule has 1 atom stereocenters. The van der Waals surface area contributed by atoms with Gasteiger partial charge in [0.05, 0.1) is 0 Å². The summed E-state index contributed by atoms with van der Waals surface area (Å²) < 4.78 is 0. The molecule has 1 saturated carbocycles. The number of rotatable bonds is 5. The fourth-order valence-corrected chi connectivity index (χ4v) is 3.53. The summed E-state index contributed by atoms with van der Waals surface area (Å²) >= 11 is 0. The van der Waals surface area contributed by atoms with Crippen LogP contribution in [0.15, 0.2) is 4.99 Å². The van der Waals surface area contributed by atoms with Crippen molar-refractivity contribution in [3.8, 4) is 0 Å². The van der Waals surface area contributed by atoms with E-state index >= 15 is 0 Å². The van der Waals surface area contributed by atoms with Crippen molar-refractivity contribution in [3.05, 3.63) is 0 Å². The molecule has 5 nitrogen and oxygen atoms in total. The lowest BCUT2D eigenvalue weighted by Crippen LogP contribution is -2.53. The lowest BCUT2D eigenvalue weighted by atomic mass is 9.96. The van der Waals surface area contributed by atoms with Crippen molar-refractivity contribution >= 4 is 5.96 Å². The van der Waals surface area contributed by atoms with Crippen LogP contribution in [0.4, 0.5) is 0 Å². The van der Waals surface area contributed by atoms with Crippen LogP contribution in [-0.2, 0) is 0 Å². The van der Waals surface area contributed by atoms with Gasteiger partial charge in [0, 0.05) is 51.9 Å². The highest BCUT2D eigenvalue weighted by Crippen LogP contribution is 2.17. The standard InChI is InChI=1S/C17H35N5/c1-4-21-10-12-22(13-11-21)15(2)14-19-17(18-3)20-16-8-6-5-7-9-16/h15-16H,4-14H2,1-3H3,(H2,18,19,20). The Labute approximate surface area is 136 Å². The zero-order valence-electron chi connectivity index (χ0n) is 14.8. The third-order valence-electron chi connectivity index (χ3n) is 5.21. The lowest BCUT2D eigenvalue weighted by Gasteiger charge is -2.38. The average molecular weight is 310 g/mol. The molecule has 0 aromatic rings. The van der Waals surface area contributed by atoms with Gasteiger partial charge in [-0.1, -0.05) is 26.2 Å². The first kappa shape index (κ1) is 17.5. The summed E-state index contributed by atoms with van der Waals surface area (Å²) in [6.07, 6.45) is 6.68. The van der Waals surface area contributed by atoms with Crippen molar-refractivity contribution < 1.29 is 0 Å². The van der Waals surface area contributed by atoms with Crippen molar-refractivity contribution in [3.63, 3.8) is 0 Å². The van der Waals surface area contributed by atoms with Gasteiger partial charge in [-0.05, 0) is 26.3 Å². The molecular weight excluding hydrogens is 274 g/mol. The Kier molecular flexibility index (Phi) is 7.46. The molecule has 1 unspecified atom stereocenters. The second-order valence-corrected chi connectivity index (χ2v) is 6.75. The van der Waals surface area contributed by atoms with Crippen LogP contribution in [0.5, 0.6) is 0 Å². The predicted octanol–water partition coefficient (Wildman–Crippen LogP) is 1.51. The largest absolute Gasteiger partial charge is 0.355 e. The van der Waals surface area contributed by atoms with E-state index in [0.717, 1.165) is 12.5 Å². The number of nitrogens with zero attached hydrogens (tertiary/aromatic N) is 3. The molecule has 128 valence electrons. The molecular formula is C17H35N5. The Balaban J connectivity index is 1.68. The van der Waals surface area contributed by atoms with Crippen LogP contribution >= 0.6 is 0 Å². The molecule has 1 aliphatic heterocycles. The van der Waals surface area contributed by atoms with E-state index in [-0.39, 0.29) is 0 Å². The predicted molar refractivity (Wildman–Crippen MR) is 94.5 cm³/mol. The molecule has 0 aromatic carbocycles. The smallest absolute Gasteiger partial charge is 0.191 e. The number of guanidine groups is 1. The first-order valence-electron chi connectivity index (χ1n) is 9.16. The molecule has 5 heteroatoms. The molecule has 1 saturated heterocycles. The average Bonchev–Trinajstić information content (AvgIpc) is 2.59. The topological polar surface area (TPSA) is 42.9 Å². The van der Waals surface area contributed by atoms with E-state index in [2.05, 4.69) is 39.3 Å². The Hall–Kier alpha value is -0.810. The van der Waals surface area contributed by atoms with Crippen molar-refractivity contribution in [2.24, 2.45) is 4.99 Å². The summed E-state index contributed by atoms with van der Waals surface area (Å²) in [4.78, 5) is 9.51. The Bertz CT molecular complexity index is 330. The molecule has 0 radical (unpaired) electrons. The van der Waals surface area contributed by atoms with Crippen molar-refractivity contribution in [2.45, 2.75) is 58.0 Å². The van der Waals surface area contributed by atoms with Crippen LogP contribution in [0.25, 0.3) is 0 Å². The number of nitrogens with one attached hydrogen (secondary N) is 2. The van der Waals surface area contributed by atoms with E-state index in [1.807, 2.05) is 7.05 Å². The zero-order chi connectivity index (χ0) is 15.8. The minimum absolute atomic E-state index is 0.559. The van der Waals surface area contributed by atoms with Gasteiger partial charge in [0.1, 0.15) is 0 Å². The van der Waals surface area contributed by atoms with Crippen LogP contribution in [0.3, 0.4) is 0 Å². The fourth-order valence-electron chi connectivity index (χ4n) is 3.53. The molecule has 1 heterocycles. The monoisotopic (exact) mass is 309 g/mol. The first-order chi connectivity index (χ1) is 10.7. The molecule has 2 fully saturated rings. The van der Waals surface area contributed by atoms with Crippen LogP contribution in [0.2, 0.25) is 0 Å². The van der Waals surface area contributed by atoms with E-state index in [0.29, 0.717) is 12.1 Å². The van der Waals surface area contributed by atoms with Gasteiger partial charge in [-0.2, -0.15) is 0 Å². The van der Waals surface area contributed by atoms with Gasteiger partial charge in [0.2, 0.25) is 0 Å². The van der Waals surface area contributed by atoms with Crippen molar-refractivity contribution in [1.82, 2.24) is 20.4 Å². The summed E-state index contributed by atoms with van der Waals surface area (Å²) in [6, 6.07) is 1.17. The van der Waals surface area contributed by atoms with Crippen molar-refractivity contribution in [2.75, 3.05) is 46.3 Å². The maximum Gasteiger partial charge on any atom is 0.191 e. The van der Waals surface area contributed by atoms with E-state index in [4.69, 9.17) is 0 Å². The fraction of sp³-hybridized carbons (Fsp3) is 0.941. The molecule has 22 heavy (non-hydrogen) atoms. The lowest BCUT2D eigenvalue weighted by molar-refractivity contribution is 0.107. The molecule has 2 aliphatic rings. The van der Waals surface area contributed by atoms with E-state index in [9.17, 15) is 0 Å². The van der Waals surface area contributed by atoms with E-state index in [1.165, 1.54) is 64.8 Å². The number of aliphatic imine (C=N–C) groups is 1. The minimum atomic E-state index is 0.559. The van der Waals surface area contributed by atoms with Gasteiger partial charge >= 0.3 is 0 Å². The normalized spacial score (nSPS) is 24.2. The van der Waals surface area contributed by atoms with Crippen LogP contribution < -0.4 is 10.6 Å². The summed E-state index contributed by atoms with van der Waals surface area (Å²) in [5.41, 5.74) is 0. The maximum absolute atomic E-state index is 4.39. The first-order valence-corrected chi connectivity index (χ1v) is 9.16. The number of hydrogen-bond donors (Lipinski definition) is 2. The summed E-state index contributed by atoms with van der Waals surface area (Å²) in [7, 11) is 1.88. The van der Waals surface area contributed by atoms with E-state index in [1.54, 1.807) is 0 Å². The summed E-state index contributed by atoms with van der Waals surface area (Å²) in [5, 5.41) is 7.11. The second-order valence-electron chi connectivity index (χ2n) is 6.75. The van der Waals surface area contributed by atoms with Crippen LogP contribution in [0.1, 0.15) is 46.0 Å². The SMILES string of the molecule is CCN1CCN(C(C)CNC(=NC)NC2CCCCC2)CC1. The van der Waals surface area contributed by atoms with Gasteiger partial charge in [0.25, 0.3) is 0 Å². The summed E-state index contributed by atoms with van der Waals surface area (Å²) in [5.74, 6) is 0.978. The summed E-state index contributed by atoms with van der Waals surface area (Å²) in [6.45, 7) is 11.5.